The van der Waals surface area contributed by atoms with Crippen molar-refractivity contribution in [3.05, 3.63) is 0 Å². The SMILES string of the molecule is CCCCCC(O)CC[C@H]1CC[C@@H](O)[C@H]1CCCCCCC(=O)OCC. The third-order valence-electron chi connectivity index (χ3n) is 5.92. The van der Waals surface area contributed by atoms with Crippen LogP contribution in [0, 0.1) is 11.8 Å². The summed E-state index contributed by atoms with van der Waals surface area (Å²) in [5.74, 6) is 0.893. The molecular weight excluding hydrogens is 328 g/mol. The average Bonchev–Trinajstić information content (AvgIpc) is 2.96. The fourth-order valence-corrected chi connectivity index (χ4v) is 4.33. The van der Waals surface area contributed by atoms with Crippen LogP contribution in [0.2, 0.25) is 0 Å². The van der Waals surface area contributed by atoms with Gasteiger partial charge in [0.15, 0.2) is 0 Å². The Kier molecular flexibility index (Phi) is 13.0. The van der Waals surface area contributed by atoms with Gasteiger partial charge < -0.3 is 14.9 Å². The molecule has 154 valence electrons. The molecule has 1 fully saturated rings. The lowest BCUT2D eigenvalue weighted by atomic mass is 9.85. The Labute approximate surface area is 160 Å². The Hall–Kier alpha value is -0.610. The summed E-state index contributed by atoms with van der Waals surface area (Å²) in [4.78, 5) is 11.3. The average molecular weight is 371 g/mol. The van der Waals surface area contributed by atoms with Crippen LogP contribution in [0.1, 0.15) is 104 Å². The molecule has 0 aromatic rings. The summed E-state index contributed by atoms with van der Waals surface area (Å²) in [6.07, 6.45) is 13.9. The molecule has 4 atom stereocenters. The van der Waals surface area contributed by atoms with Gasteiger partial charge in [-0.1, -0.05) is 45.4 Å². The number of esters is 1. The predicted octanol–water partition coefficient (Wildman–Crippen LogP) is 5.00. The molecule has 1 aliphatic rings. The van der Waals surface area contributed by atoms with Crippen molar-refractivity contribution < 1.29 is 19.7 Å². The zero-order chi connectivity index (χ0) is 19.2. The first-order valence-corrected chi connectivity index (χ1v) is 11.1. The van der Waals surface area contributed by atoms with E-state index in [1.807, 2.05) is 6.92 Å². The number of hydrogen-bond donors (Lipinski definition) is 2. The van der Waals surface area contributed by atoms with Gasteiger partial charge in [0, 0.05) is 6.42 Å². The van der Waals surface area contributed by atoms with E-state index in [1.165, 1.54) is 12.8 Å². The minimum atomic E-state index is -0.164. The van der Waals surface area contributed by atoms with Crippen molar-refractivity contribution in [2.24, 2.45) is 11.8 Å². The standard InChI is InChI=1S/C22H42O4/c1-3-5-8-11-19(23)16-14-18-15-17-21(24)20(18)12-9-6-7-10-13-22(25)26-4-2/h18-21,23-24H,3-17H2,1-2H3/t18-,19?,20-,21+/m0/s1. The monoisotopic (exact) mass is 370 g/mol. The van der Waals surface area contributed by atoms with Gasteiger partial charge in [-0.3, -0.25) is 4.79 Å². The number of carbonyl (C=O) groups is 1. The van der Waals surface area contributed by atoms with Crippen LogP contribution in [0.5, 0.6) is 0 Å². The third kappa shape index (κ3) is 9.91. The Bertz CT molecular complexity index is 358. The zero-order valence-corrected chi connectivity index (χ0v) is 17.1. The molecular formula is C22H42O4. The van der Waals surface area contributed by atoms with Crippen molar-refractivity contribution in [3.8, 4) is 0 Å². The highest BCUT2D eigenvalue weighted by atomic mass is 16.5. The molecule has 1 rings (SSSR count). The van der Waals surface area contributed by atoms with Crippen LogP contribution >= 0.6 is 0 Å². The summed E-state index contributed by atoms with van der Waals surface area (Å²) < 4.78 is 4.94. The predicted molar refractivity (Wildman–Crippen MR) is 106 cm³/mol. The van der Waals surface area contributed by atoms with Crippen molar-refractivity contribution in [3.63, 3.8) is 0 Å². The van der Waals surface area contributed by atoms with Crippen molar-refractivity contribution in [2.75, 3.05) is 6.61 Å². The van der Waals surface area contributed by atoms with Crippen LogP contribution in [0.25, 0.3) is 0 Å². The molecule has 1 saturated carbocycles. The number of rotatable bonds is 15. The topological polar surface area (TPSA) is 66.8 Å². The molecule has 26 heavy (non-hydrogen) atoms. The maximum Gasteiger partial charge on any atom is 0.305 e. The van der Waals surface area contributed by atoms with Crippen molar-refractivity contribution in [1.29, 1.82) is 0 Å². The highest BCUT2D eigenvalue weighted by Gasteiger charge is 2.34. The van der Waals surface area contributed by atoms with E-state index in [2.05, 4.69) is 6.92 Å². The van der Waals surface area contributed by atoms with Crippen LogP contribution in [-0.2, 0) is 9.53 Å². The molecule has 2 N–H and O–H groups in total. The summed E-state index contributed by atoms with van der Waals surface area (Å²) >= 11 is 0. The van der Waals surface area contributed by atoms with Gasteiger partial charge in [0.05, 0.1) is 18.8 Å². The highest BCUT2D eigenvalue weighted by molar-refractivity contribution is 5.69. The molecule has 4 nitrogen and oxygen atoms in total. The molecule has 0 aromatic heterocycles. The van der Waals surface area contributed by atoms with Gasteiger partial charge in [-0.05, 0) is 63.7 Å². The van der Waals surface area contributed by atoms with Crippen LogP contribution in [-0.4, -0.2) is 35.0 Å². The number of ether oxygens (including phenoxy) is 1. The first-order valence-electron chi connectivity index (χ1n) is 11.1. The first-order chi connectivity index (χ1) is 12.6. The van der Waals surface area contributed by atoms with E-state index in [0.717, 1.165) is 70.6 Å². The lowest BCUT2D eigenvalue weighted by Crippen LogP contribution is -2.20. The fraction of sp³-hybridized carbons (Fsp3) is 0.955. The van der Waals surface area contributed by atoms with Gasteiger partial charge in [-0.25, -0.2) is 0 Å². The van der Waals surface area contributed by atoms with E-state index in [1.54, 1.807) is 0 Å². The normalized spacial score (nSPS) is 23.9. The largest absolute Gasteiger partial charge is 0.466 e. The zero-order valence-electron chi connectivity index (χ0n) is 17.1. The van der Waals surface area contributed by atoms with Crippen molar-refractivity contribution in [2.45, 2.75) is 116 Å². The molecule has 0 bridgehead atoms. The molecule has 1 unspecified atom stereocenters. The molecule has 4 heteroatoms. The maximum absolute atomic E-state index is 11.3. The Morgan fingerprint density at radius 1 is 1.00 bits per heavy atom. The minimum Gasteiger partial charge on any atom is -0.466 e. The molecule has 0 spiro atoms. The van der Waals surface area contributed by atoms with Crippen molar-refractivity contribution in [1.82, 2.24) is 0 Å². The van der Waals surface area contributed by atoms with Gasteiger partial charge in [-0.2, -0.15) is 0 Å². The van der Waals surface area contributed by atoms with E-state index < -0.39 is 0 Å². The third-order valence-corrected chi connectivity index (χ3v) is 5.92. The lowest BCUT2D eigenvalue weighted by molar-refractivity contribution is -0.143. The number of aliphatic hydroxyl groups excluding tert-OH is 2. The fourth-order valence-electron chi connectivity index (χ4n) is 4.33. The van der Waals surface area contributed by atoms with Crippen LogP contribution in [0.3, 0.4) is 0 Å². The molecule has 0 heterocycles. The number of hydrogen-bond acceptors (Lipinski definition) is 4. The summed E-state index contributed by atoms with van der Waals surface area (Å²) in [5, 5.41) is 20.5. The second-order valence-electron chi connectivity index (χ2n) is 8.05. The molecule has 0 amide bonds. The molecule has 1 aliphatic carbocycles. The quantitative estimate of drug-likeness (QED) is 0.314. The van der Waals surface area contributed by atoms with E-state index >= 15 is 0 Å². The van der Waals surface area contributed by atoms with Crippen LogP contribution < -0.4 is 0 Å². The molecule has 0 radical (unpaired) electrons. The van der Waals surface area contributed by atoms with E-state index in [0.29, 0.717) is 24.9 Å². The Morgan fingerprint density at radius 3 is 2.50 bits per heavy atom. The Balaban J connectivity index is 2.15. The van der Waals surface area contributed by atoms with Gasteiger partial charge in [0.1, 0.15) is 0 Å². The number of carbonyl (C=O) groups excluding carboxylic acids is 1. The summed E-state index contributed by atoms with van der Waals surface area (Å²) in [7, 11) is 0. The number of aliphatic hydroxyl groups is 2. The maximum atomic E-state index is 11.3. The highest BCUT2D eigenvalue weighted by Crippen LogP contribution is 2.39. The second-order valence-corrected chi connectivity index (χ2v) is 8.05. The van der Waals surface area contributed by atoms with Gasteiger partial charge in [0.2, 0.25) is 0 Å². The van der Waals surface area contributed by atoms with Gasteiger partial charge in [0.25, 0.3) is 0 Å². The summed E-state index contributed by atoms with van der Waals surface area (Å²) in [6.45, 7) is 4.49. The molecule has 0 saturated heterocycles. The summed E-state index contributed by atoms with van der Waals surface area (Å²) in [6, 6.07) is 0. The van der Waals surface area contributed by atoms with Gasteiger partial charge in [-0.15, -0.1) is 0 Å². The van der Waals surface area contributed by atoms with E-state index in [-0.39, 0.29) is 18.2 Å². The van der Waals surface area contributed by atoms with Crippen LogP contribution in [0.15, 0.2) is 0 Å². The first kappa shape index (κ1) is 23.4. The Morgan fingerprint density at radius 2 is 1.77 bits per heavy atom. The second kappa shape index (κ2) is 14.4. The van der Waals surface area contributed by atoms with E-state index in [4.69, 9.17) is 4.74 Å². The van der Waals surface area contributed by atoms with Crippen molar-refractivity contribution >= 4 is 5.97 Å². The van der Waals surface area contributed by atoms with Crippen LogP contribution in [0.4, 0.5) is 0 Å². The van der Waals surface area contributed by atoms with Gasteiger partial charge >= 0.3 is 5.97 Å². The number of unbranched alkanes of at least 4 members (excludes halogenated alkanes) is 5. The minimum absolute atomic E-state index is 0.0868. The van der Waals surface area contributed by atoms with E-state index in [9.17, 15) is 15.0 Å². The molecule has 0 aromatic carbocycles. The summed E-state index contributed by atoms with van der Waals surface area (Å²) in [5.41, 5.74) is 0. The smallest absolute Gasteiger partial charge is 0.305 e. The lowest BCUT2D eigenvalue weighted by Gasteiger charge is -2.23. The molecule has 0 aliphatic heterocycles.